The number of nitrogens with one attached hydrogen (secondary N) is 2. The monoisotopic (exact) mass is 290 g/mol. The zero-order valence-electron chi connectivity index (χ0n) is 12.3. The van der Waals surface area contributed by atoms with Gasteiger partial charge in [0, 0.05) is 25.7 Å². The molecule has 21 heavy (non-hydrogen) atoms. The maximum Gasteiger partial charge on any atom is 0.226 e. The van der Waals surface area contributed by atoms with Crippen molar-refractivity contribution in [1.82, 2.24) is 19.9 Å². The Kier molecular flexibility index (Phi) is 4.19. The first kappa shape index (κ1) is 14.1. The van der Waals surface area contributed by atoms with Crippen LogP contribution in [-0.4, -0.2) is 50.8 Å². The molecule has 2 aromatic rings. The average molecular weight is 290 g/mol. The van der Waals surface area contributed by atoms with Crippen LogP contribution in [0.2, 0.25) is 0 Å². The molecule has 7 nitrogen and oxygen atoms in total. The van der Waals surface area contributed by atoms with E-state index >= 15 is 0 Å². The molecule has 0 spiro atoms. The van der Waals surface area contributed by atoms with Crippen LogP contribution < -0.4 is 10.2 Å². The Morgan fingerprint density at radius 3 is 3.19 bits per heavy atom. The SMILES string of the molecule is CCNc1nc(N2CCCC2CCCO)c2[nH]cnc2n1. The number of anilines is 2. The molecule has 1 atom stereocenters. The Labute approximate surface area is 123 Å². The van der Waals surface area contributed by atoms with Crippen LogP contribution >= 0.6 is 0 Å². The molecule has 114 valence electrons. The van der Waals surface area contributed by atoms with E-state index in [4.69, 9.17) is 5.11 Å². The first-order valence-electron chi connectivity index (χ1n) is 7.66. The van der Waals surface area contributed by atoms with Crippen molar-refractivity contribution in [2.75, 3.05) is 29.9 Å². The van der Waals surface area contributed by atoms with Crippen LogP contribution in [0.4, 0.5) is 11.8 Å². The fraction of sp³-hybridized carbons (Fsp3) is 0.643. The summed E-state index contributed by atoms with van der Waals surface area (Å²) >= 11 is 0. The molecule has 7 heteroatoms. The number of fused-ring (bicyclic) bond motifs is 1. The number of rotatable bonds is 6. The van der Waals surface area contributed by atoms with Gasteiger partial charge in [-0.05, 0) is 32.6 Å². The van der Waals surface area contributed by atoms with E-state index in [1.807, 2.05) is 6.92 Å². The summed E-state index contributed by atoms with van der Waals surface area (Å²) < 4.78 is 0. The van der Waals surface area contributed by atoms with Crippen LogP contribution in [0.25, 0.3) is 11.2 Å². The van der Waals surface area contributed by atoms with E-state index in [1.165, 1.54) is 0 Å². The Hall–Kier alpha value is -1.89. The van der Waals surface area contributed by atoms with Crippen molar-refractivity contribution >= 4 is 22.9 Å². The Balaban J connectivity index is 1.95. The molecule has 1 unspecified atom stereocenters. The fourth-order valence-corrected chi connectivity index (χ4v) is 3.00. The molecule has 3 rings (SSSR count). The van der Waals surface area contributed by atoms with E-state index in [2.05, 4.69) is 30.2 Å². The second-order valence-corrected chi connectivity index (χ2v) is 5.36. The van der Waals surface area contributed by atoms with Gasteiger partial charge in [-0.15, -0.1) is 0 Å². The minimum Gasteiger partial charge on any atom is -0.396 e. The van der Waals surface area contributed by atoms with E-state index in [9.17, 15) is 0 Å². The van der Waals surface area contributed by atoms with Crippen molar-refractivity contribution < 1.29 is 5.11 Å². The van der Waals surface area contributed by atoms with Crippen LogP contribution in [-0.2, 0) is 0 Å². The normalized spacial score (nSPS) is 18.6. The first-order chi connectivity index (χ1) is 10.3. The van der Waals surface area contributed by atoms with Crippen molar-refractivity contribution in [3.63, 3.8) is 0 Å². The lowest BCUT2D eigenvalue weighted by Gasteiger charge is -2.26. The third kappa shape index (κ3) is 2.78. The molecule has 0 aliphatic carbocycles. The molecule has 1 saturated heterocycles. The number of imidazole rings is 1. The molecule has 1 aliphatic rings. The molecular formula is C14H22N6O. The highest BCUT2D eigenvalue weighted by molar-refractivity contribution is 5.84. The molecular weight excluding hydrogens is 268 g/mol. The van der Waals surface area contributed by atoms with Gasteiger partial charge in [-0.2, -0.15) is 9.97 Å². The van der Waals surface area contributed by atoms with E-state index in [1.54, 1.807) is 6.33 Å². The highest BCUT2D eigenvalue weighted by Crippen LogP contribution is 2.31. The van der Waals surface area contributed by atoms with Crippen LogP contribution in [0.3, 0.4) is 0 Å². The summed E-state index contributed by atoms with van der Waals surface area (Å²) in [6, 6.07) is 0.438. The molecule has 3 N–H and O–H groups in total. The predicted octanol–water partition coefficient (Wildman–Crippen LogP) is 1.53. The lowest BCUT2D eigenvalue weighted by atomic mass is 10.1. The molecule has 2 aromatic heterocycles. The van der Waals surface area contributed by atoms with Crippen molar-refractivity contribution in [2.45, 2.75) is 38.6 Å². The Bertz CT molecular complexity index is 598. The predicted molar refractivity (Wildman–Crippen MR) is 82.5 cm³/mol. The summed E-state index contributed by atoms with van der Waals surface area (Å²) in [4.78, 5) is 18.8. The Morgan fingerprint density at radius 2 is 2.38 bits per heavy atom. The van der Waals surface area contributed by atoms with Crippen LogP contribution in [0.15, 0.2) is 6.33 Å². The van der Waals surface area contributed by atoms with Crippen molar-refractivity contribution in [1.29, 1.82) is 0 Å². The number of hydrogen-bond acceptors (Lipinski definition) is 6. The van der Waals surface area contributed by atoms with Gasteiger partial charge >= 0.3 is 0 Å². The lowest BCUT2D eigenvalue weighted by molar-refractivity contribution is 0.279. The number of aromatic nitrogens is 4. The summed E-state index contributed by atoms with van der Waals surface area (Å²) in [5.41, 5.74) is 1.59. The van der Waals surface area contributed by atoms with Gasteiger partial charge in [0.15, 0.2) is 11.5 Å². The van der Waals surface area contributed by atoms with E-state index in [0.29, 0.717) is 17.6 Å². The number of nitrogens with zero attached hydrogens (tertiary/aromatic N) is 4. The van der Waals surface area contributed by atoms with E-state index in [0.717, 1.165) is 50.1 Å². The number of hydrogen-bond donors (Lipinski definition) is 3. The second kappa shape index (κ2) is 6.26. The lowest BCUT2D eigenvalue weighted by Crippen LogP contribution is -2.30. The fourth-order valence-electron chi connectivity index (χ4n) is 3.00. The first-order valence-corrected chi connectivity index (χ1v) is 7.66. The number of aliphatic hydroxyl groups excluding tert-OH is 1. The molecule has 1 aliphatic heterocycles. The van der Waals surface area contributed by atoms with Crippen LogP contribution in [0.1, 0.15) is 32.6 Å². The van der Waals surface area contributed by atoms with Gasteiger partial charge in [-0.1, -0.05) is 0 Å². The zero-order chi connectivity index (χ0) is 14.7. The number of H-pyrrole nitrogens is 1. The summed E-state index contributed by atoms with van der Waals surface area (Å²) in [5, 5.41) is 12.2. The zero-order valence-corrected chi connectivity index (χ0v) is 12.3. The largest absolute Gasteiger partial charge is 0.396 e. The summed E-state index contributed by atoms with van der Waals surface area (Å²) in [6.45, 7) is 4.05. The highest BCUT2D eigenvalue weighted by atomic mass is 16.2. The second-order valence-electron chi connectivity index (χ2n) is 5.36. The molecule has 3 heterocycles. The van der Waals surface area contributed by atoms with Crippen LogP contribution in [0, 0.1) is 0 Å². The van der Waals surface area contributed by atoms with E-state index in [-0.39, 0.29) is 6.61 Å². The smallest absolute Gasteiger partial charge is 0.226 e. The van der Waals surface area contributed by atoms with Crippen molar-refractivity contribution in [3.8, 4) is 0 Å². The van der Waals surface area contributed by atoms with Gasteiger partial charge in [-0.3, -0.25) is 0 Å². The minimum atomic E-state index is 0.246. The van der Waals surface area contributed by atoms with Crippen molar-refractivity contribution in [2.24, 2.45) is 0 Å². The third-order valence-corrected chi connectivity index (χ3v) is 3.95. The van der Waals surface area contributed by atoms with Gasteiger partial charge in [0.25, 0.3) is 0 Å². The number of aliphatic hydroxyl groups is 1. The van der Waals surface area contributed by atoms with Gasteiger partial charge < -0.3 is 20.3 Å². The average Bonchev–Trinajstić information content (AvgIpc) is 3.13. The highest BCUT2D eigenvalue weighted by Gasteiger charge is 2.27. The molecule has 0 amide bonds. The maximum atomic E-state index is 9.07. The van der Waals surface area contributed by atoms with E-state index < -0.39 is 0 Å². The quantitative estimate of drug-likeness (QED) is 0.747. The molecule has 1 fully saturated rings. The molecule has 0 aromatic carbocycles. The topological polar surface area (TPSA) is 90.0 Å². The summed E-state index contributed by atoms with van der Waals surface area (Å²) in [5.74, 6) is 1.55. The standard InChI is InChI=1S/C14H22N6O/c1-2-15-14-18-12-11(16-9-17-12)13(19-14)20-7-3-5-10(20)6-4-8-21/h9-10,21H,2-8H2,1H3,(H2,15,16,17,18,19). The van der Waals surface area contributed by atoms with Gasteiger partial charge in [0.2, 0.25) is 5.95 Å². The summed E-state index contributed by atoms with van der Waals surface area (Å²) in [6.07, 6.45) is 5.80. The molecule has 0 bridgehead atoms. The molecule has 0 saturated carbocycles. The van der Waals surface area contributed by atoms with Crippen molar-refractivity contribution in [3.05, 3.63) is 6.33 Å². The third-order valence-electron chi connectivity index (χ3n) is 3.95. The molecule has 0 radical (unpaired) electrons. The van der Waals surface area contributed by atoms with Gasteiger partial charge in [0.1, 0.15) is 5.52 Å². The number of aromatic amines is 1. The van der Waals surface area contributed by atoms with Gasteiger partial charge in [-0.25, -0.2) is 4.98 Å². The van der Waals surface area contributed by atoms with Crippen LogP contribution in [0.5, 0.6) is 0 Å². The maximum absolute atomic E-state index is 9.07. The van der Waals surface area contributed by atoms with Gasteiger partial charge in [0.05, 0.1) is 6.33 Å². The summed E-state index contributed by atoms with van der Waals surface area (Å²) in [7, 11) is 0. The Morgan fingerprint density at radius 1 is 1.48 bits per heavy atom. The minimum absolute atomic E-state index is 0.246.